The van der Waals surface area contributed by atoms with E-state index in [1.807, 2.05) is 24.4 Å². The molecule has 0 aliphatic rings. The molecule has 2 nitrogen and oxygen atoms in total. The van der Waals surface area contributed by atoms with Crippen LogP contribution >= 0.6 is 34.5 Å². The third-order valence-corrected chi connectivity index (χ3v) is 4.13. The molecule has 2 rings (SSSR count). The fraction of sp³-hybridized carbons (Fsp3) is 0.231. The zero-order valence-electron chi connectivity index (χ0n) is 9.77. The van der Waals surface area contributed by atoms with E-state index in [1.165, 1.54) is 0 Å². The monoisotopic (exact) mass is 301 g/mol. The van der Waals surface area contributed by atoms with E-state index < -0.39 is 0 Å². The highest BCUT2D eigenvalue weighted by Gasteiger charge is 2.19. The average molecular weight is 302 g/mol. The number of benzene rings is 1. The van der Waals surface area contributed by atoms with Crippen LogP contribution in [0.3, 0.4) is 0 Å². The second-order valence-electron chi connectivity index (χ2n) is 3.99. The van der Waals surface area contributed by atoms with E-state index in [1.54, 1.807) is 29.5 Å². The first-order valence-electron chi connectivity index (χ1n) is 5.48. The van der Waals surface area contributed by atoms with Gasteiger partial charge in [-0.1, -0.05) is 29.3 Å². The lowest BCUT2D eigenvalue weighted by Gasteiger charge is -2.21. The number of rotatable bonds is 4. The molecule has 2 N–H and O–H groups in total. The Kier molecular flexibility index (Phi) is 4.51. The SMILES string of the molecule is CC(N)C(Oc1ccc(Cl)c(Cl)c1)c1cccs1. The molecule has 0 aliphatic heterocycles. The first kappa shape index (κ1) is 13.7. The van der Waals surface area contributed by atoms with Crippen molar-refractivity contribution in [2.45, 2.75) is 19.1 Å². The third-order valence-electron chi connectivity index (χ3n) is 2.46. The molecule has 0 amide bonds. The second kappa shape index (κ2) is 5.93. The summed E-state index contributed by atoms with van der Waals surface area (Å²) in [5.74, 6) is 0.667. The van der Waals surface area contributed by atoms with Crippen molar-refractivity contribution in [2.24, 2.45) is 5.73 Å². The molecule has 1 heterocycles. The van der Waals surface area contributed by atoms with Crippen molar-refractivity contribution in [3.05, 3.63) is 50.6 Å². The van der Waals surface area contributed by atoms with E-state index in [4.69, 9.17) is 33.7 Å². The number of hydrogen-bond donors (Lipinski definition) is 1. The van der Waals surface area contributed by atoms with Gasteiger partial charge in [0.05, 0.1) is 10.0 Å². The lowest BCUT2D eigenvalue weighted by molar-refractivity contribution is 0.184. The average Bonchev–Trinajstić information content (AvgIpc) is 2.83. The minimum atomic E-state index is -0.178. The number of ether oxygens (including phenoxy) is 1. The van der Waals surface area contributed by atoms with E-state index in [9.17, 15) is 0 Å². The topological polar surface area (TPSA) is 35.2 Å². The van der Waals surface area contributed by atoms with Crippen molar-refractivity contribution < 1.29 is 4.74 Å². The van der Waals surface area contributed by atoms with E-state index in [-0.39, 0.29) is 12.1 Å². The van der Waals surface area contributed by atoms with Gasteiger partial charge in [-0.05, 0) is 30.5 Å². The molecule has 0 spiro atoms. The van der Waals surface area contributed by atoms with E-state index in [0.29, 0.717) is 15.8 Å². The van der Waals surface area contributed by atoms with Gasteiger partial charge in [0.25, 0.3) is 0 Å². The minimum absolute atomic E-state index is 0.113. The van der Waals surface area contributed by atoms with Crippen LogP contribution in [0.1, 0.15) is 17.9 Å². The highest BCUT2D eigenvalue weighted by atomic mass is 35.5. The summed E-state index contributed by atoms with van der Waals surface area (Å²) in [5, 5.41) is 2.99. The van der Waals surface area contributed by atoms with Gasteiger partial charge >= 0.3 is 0 Å². The van der Waals surface area contributed by atoms with Crippen molar-refractivity contribution in [1.29, 1.82) is 0 Å². The second-order valence-corrected chi connectivity index (χ2v) is 5.78. The van der Waals surface area contributed by atoms with Crippen LogP contribution in [-0.2, 0) is 0 Å². The van der Waals surface area contributed by atoms with Gasteiger partial charge in [0.1, 0.15) is 11.9 Å². The molecule has 0 fully saturated rings. The Morgan fingerprint density at radius 1 is 1.22 bits per heavy atom. The maximum absolute atomic E-state index is 5.97. The van der Waals surface area contributed by atoms with Crippen molar-refractivity contribution in [2.75, 3.05) is 0 Å². The molecule has 0 aliphatic carbocycles. The van der Waals surface area contributed by atoms with Gasteiger partial charge < -0.3 is 10.5 Å². The summed E-state index contributed by atoms with van der Waals surface area (Å²) in [7, 11) is 0. The molecule has 0 bridgehead atoms. The number of hydrogen-bond acceptors (Lipinski definition) is 3. The van der Waals surface area contributed by atoms with Gasteiger partial charge in [-0.2, -0.15) is 0 Å². The Balaban J connectivity index is 2.21. The number of halogens is 2. The van der Waals surface area contributed by atoms with Crippen LogP contribution < -0.4 is 10.5 Å². The predicted molar refractivity (Wildman–Crippen MR) is 77.8 cm³/mol. The van der Waals surface area contributed by atoms with Crippen LogP contribution in [0.25, 0.3) is 0 Å². The van der Waals surface area contributed by atoms with Crippen molar-refractivity contribution in [1.82, 2.24) is 0 Å². The molecule has 2 unspecified atom stereocenters. The Morgan fingerprint density at radius 2 is 2.00 bits per heavy atom. The Labute approximate surface area is 120 Å². The van der Waals surface area contributed by atoms with Crippen molar-refractivity contribution in [3.8, 4) is 5.75 Å². The number of thiophene rings is 1. The first-order chi connectivity index (χ1) is 8.58. The van der Waals surface area contributed by atoms with Crippen LogP contribution in [0.15, 0.2) is 35.7 Å². The minimum Gasteiger partial charge on any atom is -0.483 e. The normalized spacial score (nSPS) is 14.2. The number of nitrogens with two attached hydrogens (primary N) is 1. The molecule has 0 saturated carbocycles. The van der Waals surface area contributed by atoms with Crippen molar-refractivity contribution in [3.63, 3.8) is 0 Å². The summed E-state index contributed by atoms with van der Waals surface area (Å²) in [4.78, 5) is 1.09. The van der Waals surface area contributed by atoms with Crippen LogP contribution in [0.4, 0.5) is 0 Å². The molecule has 0 saturated heterocycles. The van der Waals surface area contributed by atoms with Crippen molar-refractivity contribution >= 4 is 34.5 Å². The van der Waals surface area contributed by atoms with Gasteiger partial charge in [-0.15, -0.1) is 11.3 Å². The maximum atomic E-state index is 5.97. The van der Waals surface area contributed by atoms with Gasteiger partial charge in [0.15, 0.2) is 0 Å². The summed E-state index contributed by atoms with van der Waals surface area (Å²) >= 11 is 13.5. The van der Waals surface area contributed by atoms with Gasteiger partial charge in [0, 0.05) is 17.0 Å². The standard InChI is InChI=1S/C13H13Cl2NOS/c1-8(16)13(12-3-2-6-18-12)17-9-4-5-10(14)11(15)7-9/h2-8,13H,16H2,1H3. The molecule has 5 heteroatoms. The van der Waals surface area contributed by atoms with E-state index in [0.717, 1.165) is 4.88 Å². The summed E-state index contributed by atoms with van der Waals surface area (Å²) in [6.45, 7) is 1.92. The summed E-state index contributed by atoms with van der Waals surface area (Å²) < 4.78 is 5.90. The van der Waals surface area contributed by atoms with Crippen LogP contribution in [0, 0.1) is 0 Å². The predicted octanol–water partition coefficient (Wildman–Crippen LogP) is 4.52. The Morgan fingerprint density at radius 3 is 2.56 bits per heavy atom. The first-order valence-corrected chi connectivity index (χ1v) is 7.12. The van der Waals surface area contributed by atoms with E-state index >= 15 is 0 Å². The van der Waals surface area contributed by atoms with E-state index in [2.05, 4.69) is 0 Å². The molecule has 18 heavy (non-hydrogen) atoms. The molecular weight excluding hydrogens is 289 g/mol. The van der Waals surface area contributed by atoms with Gasteiger partial charge in [-0.3, -0.25) is 0 Å². The zero-order valence-corrected chi connectivity index (χ0v) is 12.1. The maximum Gasteiger partial charge on any atom is 0.148 e. The van der Waals surface area contributed by atoms with Gasteiger partial charge in [0.2, 0.25) is 0 Å². The fourth-order valence-electron chi connectivity index (χ4n) is 1.57. The smallest absolute Gasteiger partial charge is 0.148 e. The van der Waals surface area contributed by atoms with Crippen LogP contribution in [0.5, 0.6) is 5.75 Å². The molecular formula is C13H13Cl2NOS. The molecule has 2 atom stereocenters. The molecule has 0 radical (unpaired) electrons. The zero-order chi connectivity index (χ0) is 13.1. The highest BCUT2D eigenvalue weighted by Crippen LogP contribution is 2.31. The molecule has 2 aromatic rings. The highest BCUT2D eigenvalue weighted by molar-refractivity contribution is 7.10. The van der Waals surface area contributed by atoms with Crippen LogP contribution in [0.2, 0.25) is 10.0 Å². The molecule has 1 aromatic carbocycles. The lowest BCUT2D eigenvalue weighted by atomic mass is 10.1. The molecule has 96 valence electrons. The Hall–Kier alpha value is -0.740. The summed E-state index contributed by atoms with van der Waals surface area (Å²) in [6.07, 6.45) is -0.178. The third kappa shape index (κ3) is 3.18. The Bertz CT molecular complexity index is 514. The largest absolute Gasteiger partial charge is 0.483 e. The van der Waals surface area contributed by atoms with Crippen LogP contribution in [-0.4, -0.2) is 6.04 Å². The molecule has 1 aromatic heterocycles. The van der Waals surface area contributed by atoms with Gasteiger partial charge in [-0.25, -0.2) is 0 Å². The quantitative estimate of drug-likeness (QED) is 0.901. The lowest BCUT2D eigenvalue weighted by Crippen LogP contribution is -2.28. The summed E-state index contributed by atoms with van der Waals surface area (Å²) in [5.41, 5.74) is 5.97. The fourth-order valence-corrected chi connectivity index (χ4v) is 2.73. The summed E-state index contributed by atoms with van der Waals surface area (Å²) in [6, 6.07) is 9.08.